The predicted molar refractivity (Wildman–Crippen MR) is 72.6 cm³/mol. The van der Waals surface area contributed by atoms with Crippen LogP contribution in [0.2, 0.25) is 0 Å². The highest BCUT2D eigenvalue weighted by Gasteiger charge is 2.35. The Bertz CT molecular complexity index is 262. The van der Waals surface area contributed by atoms with Gasteiger partial charge in [-0.15, -0.1) is 0 Å². The highest BCUT2D eigenvalue weighted by atomic mass is 16.4. The van der Waals surface area contributed by atoms with E-state index < -0.39 is 5.97 Å². The summed E-state index contributed by atoms with van der Waals surface area (Å²) in [4.78, 5) is 10.4. The van der Waals surface area contributed by atoms with Crippen molar-refractivity contribution in [3.05, 3.63) is 0 Å². The van der Waals surface area contributed by atoms with E-state index in [1.54, 1.807) is 0 Å². The highest BCUT2D eigenvalue weighted by molar-refractivity contribution is 5.66. The molecule has 0 heterocycles. The maximum absolute atomic E-state index is 10.4. The monoisotopic (exact) mass is 253 g/mol. The number of carboxylic acid groups (broad SMARTS) is 1. The lowest BCUT2D eigenvalue weighted by Gasteiger charge is -2.43. The summed E-state index contributed by atoms with van der Waals surface area (Å²) in [5, 5.41) is 12.1. The van der Waals surface area contributed by atoms with Crippen molar-refractivity contribution in [2.45, 2.75) is 76.7 Å². The number of hydrogen-bond acceptors (Lipinski definition) is 2. The lowest BCUT2D eigenvalue weighted by Crippen LogP contribution is -2.39. The Morgan fingerprint density at radius 2 is 1.78 bits per heavy atom. The minimum absolute atomic E-state index is 0.295. The summed E-state index contributed by atoms with van der Waals surface area (Å²) in [6.45, 7) is 0.865. The molecule has 18 heavy (non-hydrogen) atoms. The molecule has 2 saturated carbocycles. The first-order valence-electron chi connectivity index (χ1n) is 7.65. The molecule has 1 spiro atoms. The van der Waals surface area contributed by atoms with Gasteiger partial charge in [0.25, 0.3) is 0 Å². The maximum Gasteiger partial charge on any atom is 0.303 e. The summed E-state index contributed by atoms with van der Waals surface area (Å²) in [7, 11) is 0. The molecule has 0 radical (unpaired) electrons. The molecule has 2 fully saturated rings. The SMILES string of the molecule is O=C(O)CCCNC1CCC2(CCCCC2)CC1. The highest BCUT2D eigenvalue weighted by Crippen LogP contribution is 2.47. The van der Waals surface area contributed by atoms with Gasteiger partial charge in [0, 0.05) is 12.5 Å². The lowest BCUT2D eigenvalue weighted by molar-refractivity contribution is -0.137. The van der Waals surface area contributed by atoms with Gasteiger partial charge < -0.3 is 10.4 Å². The fourth-order valence-electron chi connectivity index (χ4n) is 3.78. The van der Waals surface area contributed by atoms with Crippen LogP contribution in [-0.2, 0) is 4.79 Å². The molecular weight excluding hydrogens is 226 g/mol. The van der Waals surface area contributed by atoms with E-state index >= 15 is 0 Å². The van der Waals surface area contributed by atoms with Crippen molar-refractivity contribution >= 4 is 5.97 Å². The molecule has 2 rings (SSSR count). The van der Waals surface area contributed by atoms with Crippen LogP contribution in [0.4, 0.5) is 0 Å². The Morgan fingerprint density at radius 1 is 1.11 bits per heavy atom. The van der Waals surface area contributed by atoms with Gasteiger partial charge >= 0.3 is 5.97 Å². The summed E-state index contributed by atoms with van der Waals surface area (Å²) in [5.74, 6) is -0.679. The van der Waals surface area contributed by atoms with Crippen LogP contribution in [-0.4, -0.2) is 23.7 Å². The van der Waals surface area contributed by atoms with Crippen LogP contribution in [0.1, 0.15) is 70.6 Å². The number of nitrogens with one attached hydrogen (secondary N) is 1. The van der Waals surface area contributed by atoms with Gasteiger partial charge in [0.2, 0.25) is 0 Å². The van der Waals surface area contributed by atoms with Crippen molar-refractivity contribution in [2.24, 2.45) is 5.41 Å². The molecule has 0 atom stereocenters. The van der Waals surface area contributed by atoms with Crippen molar-refractivity contribution in [2.75, 3.05) is 6.54 Å². The second kappa shape index (κ2) is 6.55. The predicted octanol–water partition coefficient (Wildman–Crippen LogP) is 3.33. The Labute approximate surface area is 110 Å². The second-order valence-corrected chi connectivity index (χ2v) is 6.29. The van der Waals surface area contributed by atoms with Gasteiger partial charge in [0.05, 0.1) is 0 Å². The first-order valence-corrected chi connectivity index (χ1v) is 7.65. The second-order valence-electron chi connectivity index (χ2n) is 6.29. The molecule has 2 aliphatic carbocycles. The summed E-state index contributed by atoms with van der Waals surface area (Å²) >= 11 is 0. The molecule has 0 amide bonds. The van der Waals surface area contributed by atoms with Crippen LogP contribution in [0.3, 0.4) is 0 Å². The molecule has 2 N–H and O–H groups in total. The largest absolute Gasteiger partial charge is 0.481 e. The maximum atomic E-state index is 10.4. The molecule has 0 aliphatic heterocycles. The molecule has 3 heteroatoms. The van der Waals surface area contributed by atoms with E-state index in [0.29, 0.717) is 17.9 Å². The summed E-state index contributed by atoms with van der Waals surface area (Å²) < 4.78 is 0. The van der Waals surface area contributed by atoms with Gasteiger partial charge in [-0.1, -0.05) is 19.3 Å². The number of carboxylic acids is 1. The molecule has 104 valence electrons. The third kappa shape index (κ3) is 3.98. The van der Waals surface area contributed by atoms with Gasteiger partial charge in [-0.3, -0.25) is 4.79 Å². The normalized spacial score (nSPS) is 24.2. The quantitative estimate of drug-likeness (QED) is 0.739. The third-order valence-electron chi connectivity index (χ3n) is 4.96. The number of hydrogen-bond donors (Lipinski definition) is 2. The van der Waals surface area contributed by atoms with Crippen LogP contribution in [0.15, 0.2) is 0 Å². The minimum atomic E-state index is -0.679. The fourth-order valence-corrected chi connectivity index (χ4v) is 3.78. The Morgan fingerprint density at radius 3 is 2.39 bits per heavy atom. The van der Waals surface area contributed by atoms with E-state index in [1.807, 2.05) is 0 Å². The number of rotatable bonds is 5. The van der Waals surface area contributed by atoms with Gasteiger partial charge in [-0.25, -0.2) is 0 Å². The van der Waals surface area contributed by atoms with E-state index in [9.17, 15) is 4.79 Å². The minimum Gasteiger partial charge on any atom is -0.481 e. The van der Waals surface area contributed by atoms with Crippen molar-refractivity contribution < 1.29 is 9.90 Å². The topological polar surface area (TPSA) is 49.3 Å². The van der Waals surface area contributed by atoms with E-state index in [-0.39, 0.29) is 0 Å². The third-order valence-corrected chi connectivity index (χ3v) is 4.96. The summed E-state index contributed by atoms with van der Waals surface area (Å²) in [6.07, 6.45) is 13.7. The van der Waals surface area contributed by atoms with Crippen LogP contribution in [0, 0.1) is 5.41 Å². The average Bonchev–Trinajstić information content (AvgIpc) is 2.38. The standard InChI is InChI=1S/C15H27NO2/c17-14(18)5-4-12-16-13-6-10-15(11-7-13)8-2-1-3-9-15/h13,16H,1-12H2,(H,17,18). The smallest absolute Gasteiger partial charge is 0.303 e. The Kier molecular flexibility index (Phi) is 5.04. The van der Waals surface area contributed by atoms with Crippen LogP contribution >= 0.6 is 0 Å². The van der Waals surface area contributed by atoms with Crippen LogP contribution in [0.5, 0.6) is 0 Å². The summed E-state index contributed by atoms with van der Waals surface area (Å²) in [5.41, 5.74) is 0.692. The van der Waals surface area contributed by atoms with E-state index in [2.05, 4.69) is 5.32 Å². The summed E-state index contributed by atoms with van der Waals surface area (Å²) in [6, 6.07) is 0.645. The lowest BCUT2D eigenvalue weighted by atomic mass is 9.64. The van der Waals surface area contributed by atoms with E-state index in [0.717, 1.165) is 13.0 Å². The Balaban J connectivity index is 1.62. The molecule has 0 aromatic carbocycles. The molecule has 0 aromatic heterocycles. The van der Waals surface area contributed by atoms with Crippen molar-refractivity contribution in [3.63, 3.8) is 0 Å². The van der Waals surface area contributed by atoms with E-state index in [1.165, 1.54) is 57.8 Å². The first kappa shape index (κ1) is 13.9. The molecule has 2 aliphatic rings. The van der Waals surface area contributed by atoms with Gasteiger partial charge in [0.1, 0.15) is 0 Å². The average molecular weight is 253 g/mol. The zero-order chi connectivity index (χ0) is 12.8. The molecule has 0 unspecified atom stereocenters. The van der Waals surface area contributed by atoms with Crippen molar-refractivity contribution in [1.82, 2.24) is 5.32 Å². The zero-order valence-corrected chi connectivity index (χ0v) is 11.4. The zero-order valence-electron chi connectivity index (χ0n) is 11.4. The number of aliphatic carboxylic acids is 1. The van der Waals surface area contributed by atoms with Gasteiger partial charge in [-0.05, 0) is 56.9 Å². The van der Waals surface area contributed by atoms with Gasteiger partial charge in [0.15, 0.2) is 0 Å². The number of carbonyl (C=O) groups is 1. The first-order chi connectivity index (χ1) is 8.70. The van der Waals surface area contributed by atoms with E-state index in [4.69, 9.17) is 5.11 Å². The Hall–Kier alpha value is -0.570. The molecule has 0 saturated heterocycles. The molecule has 0 aromatic rings. The fraction of sp³-hybridized carbons (Fsp3) is 0.933. The molecule has 0 bridgehead atoms. The molecular formula is C15H27NO2. The van der Waals surface area contributed by atoms with Gasteiger partial charge in [-0.2, -0.15) is 0 Å². The van der Waals surface area contributed by atoms with Crippen molar-refractivity contribution in [1.29, 1.82) is 0 Å². The van der Waals surface area contributed by atoms with Crippen LogP contribution < -0.4 is 5.32 Å². The van der Waals surface area contributed by atoms with Crippen molar-refractivity contribution in [3.8, 4) is 0 Å². The van der Waals surface area contributed by atoms with Crippen LogP contribution in [0.25, 0.3) is 0 Å². The molecule has 3 nitrogen and oxygen atoms in total.